The van der Waals surface area contributed by atoms with Gasteiger partial charge in [-0.3, -0.25) is 0 Å². The van der Waals surface area contributed by atoms with Crippen molar-refractivity contribution in [3.63, 3.8) is 0 Å². The first-order chi connectivity index (χ1) is 7.25. The van der Waals surface area contributed by atoms with Crippen LogP contribution in [0.5, 0.6) is 0 Å². The minimum Gasteiger partial charge on any atom is -0.0588 e. The van der Waals surface area contributed by atoms with E-state index in [0.29, 0.717) is 37.9 Å². The molecule has 0 spiro atoms. The molecule has 0 atom stereocenters. The Morgan fingerprint density at radius 1 is 0.294 bits per heavy atom. The third-order valence-electron chi connectivity index (χ3n) is 10.4. The highest BCUT2D eigenvalue weighted by molar-refractivity contribution is 5.53. The van der Waals surface area contributed by atoms with Crippen LogP contribution in [0.3, 0.4) is 0 Å². The first kappa shape index (κ1) is 12.1. The molecule has 4 rings (SSSR count). The minimum absolute atomic E-state index is 0.422. The summed E-state index contributed by atoms with van der Waals surface area (Å²) in [4.78, 5) is 0. The number of rotatable bonds is 0. The molecule has 0 aliphatic heterocycles. The van der Waals surface area contributed by atoms with E-state index < -0.39 is 0 Å². The Hall–Kier alpha value is 0. The van der Waals surface area contributed by atoms with Crippen LogP contribution in [0.25, 0.3) is 0 Å². The molecule has 0 aromatic heterocycles. The van der Waals surface area contributed by atoms with Crippen molar-refractivity contribution < 1.29 is 0 Å². The largest absolute Gasteiger partial charge is 0.0588 e. The highest BCUT2D eigenvalue weighted by atomic mass is 15.1. The second kappa shape index (κ2) is 2.04. The normalized spacial score (nSPS) is 63.9. The summed E-state index contributed by atoms with van der Waals surface area (Å²) in [7, 11) is 0. The van der Waals surface area contributed by atoms with E-state index in [-0.39, 0.29) is 0 Å². The van der Waals surface area contributed by atoms with Crippen molar-refractivity contribution in [2.75, 3.05) is 0 Å². The molecular weight excluding hydrogens is 204 g/mol. The van der Waals surface area contributed by atoms with Gasteiger partial charge in [0.2, 0.25) is 0 Å². The molecule has 0 aromatic carbocycles. The minimum atomic E-state index is 0.422. The van der Waals surface area contributed by atoms with Crippen LogP contribution in [0.1, 0.15) is 69.2 Å². The van der Waals surface area contributed by atoms with Crippen molar-refractivity contribution in [3.8, 4) is 0 Å². The second-order valence-corrected chi connectivity index (χ2v) is 9.38. The summed E-state index contributed by atoms with van der Waals surface area (Å²) in [5.74, 6) is 0. The lowest BCUT2D eigenvalue weighted by Gasteiger charge is -2.51. The van der Waals surface area contributed by atoms with Crippen LogP contribution in [-0.2, 0) is 0 Å². The molecule has 17 heavy (non-hydrogen) atoms. The van der Waals surface area contributed by atoms with Gasteiger partial charge in [-0.25, -0.2) is 0 Å². The van der Waals surface area contributed by atoms with Gasteiger partial charge in [-0.2, -0.15) is 0 Å². The van der Waals surface area contributed by atoms with Crippen LogP contribution in [0, 0.1) is 37.9 Å². The van der Waals surface area contributed by atoms with E-state index in [0.717, 1.165) is 0 Å². The molecule has 0 saturated heterocycles. The van der Waals surface area contributed by atoms with Crippen molar-refractivity contribution in [3.05, 3.63) is 0 Å². The van der Waals surface area contributed by atoms with E-state index in [1.165, 1.54) is 0 Å². The fraction of sp³-hybridized carbons (Fsp3) is 1.00. The highest BCUT2D eigenvalue weighted by Crippen LogP contribution is 3.10. The summed E-state index contributed by atoms with van der Waals surface area (Å²) >= 11 is 0. The van der Waals surface area contributed by atoms with E-state index in [1.54, 1.807) is 0 Å². The quantitative estimate of drug-likeness (QED) is 0.545. The van der Waals surface area contributed by atoms with E-state index in [2.05, 4.69) is 69.2 Å². The zero-order chi connectivity index (χ0) is 13.5. The zero-order valence-electron chi connectivity index (χ0n) is 13.5. The second-order valence-electron chi connectivity index (χ2n) is 9.38. The maximum Gasteiger partial charge on any atom is -0.0139 e. The summed E-state index contributed by atoms with van der Waals surface area (Å²) in [6.07, 6.45) is 0. The molecular formula is C17H30. The van der Waals surface area contributed by atoms with Gasteiger partial charge >= 0.3 is 0 Å². The molecule has 0 N–H and O–H groups in total. The molecule has 4 saturated carbocycles. The van der Waals surface area contributed by atoms with E-state index >= 15 is 0 Å². The van der Waals surface area contributed by atoms with Crippen LogP contribution >= 0.6 is 0 Å². The number of hydrogen-bond donors (Lipinski definition) is 0. The van der Waals surface area contributed by atoms with Crippen LogP contribution in [0.4, 0.5) is 0 Å². The van der Waals surface area contributed by atoms with Crippen molar-refractivity contribution >= 4 is 0 Å². The van der Waals surface area contributed by atoms with Crippen molar-refractivity contribution in [2.24, 2.45) is 37.9 Å². The van der Waals surface area contributed by atoms with Gasteiger partial charge < -0.3 is 0 Å². The molecule has 4 aliphatic rings. The average Bonchev–Trinajstić information content (AvgIpc) is 2.53. The zero-order valence-corrected chi connectivity index (χ0v) is 13.5. The molecule has 0 heterocycles. The molecule has 0 radical (unpaired) electrons. The third-order valence-corrected chi connectivity index (χ3v) is 10.4. The van der Waals surface area contributed by atoms with Gasteiger partial charge in [0.15, 0.2) is 0 Å². The molecule has 0 amide bonds. The molecule has 98 valence electrons. The standard InChI is InChI=1S/C17H30/c1-11(2)14(7)12(3,4)16(9)15(11,8)17(16,10)13(14,5)6/h1-10H3. The van der Waals surface area contributed by atoms with Crippen molar-refractivity contribution in [2.45, 2.75) is 69.2 Å². The first-order valence-electron chi connectivity index (χ1n) is 7.25. The van der Waals surface area contributed by atoms with Crippen LogP contribution in [-0.4, -0.2) is 0 Å². The molecule has 0 aromatic rings. The fourth-order valence-corrected chi connectivity index (χ4v) is 8.72. The van der Waals surface area contributed by atoms with E-state index in [1.807, 2.05) is 0 Å². The smallest absolute Gasteiger partial charge is 0.0139 e. The SMILES string of the molecule is CC1(C)C2(C)C(C)(C)C3(C)C1(C)C3(C)C2(C)C. The Kier molecular flexibility index (Phi) is 1.45. The molecule has 4 aliphatic carbocycles. The topological polar surface area (TPSA) is 0 Å². The Labute approximate surface area is 108 Å². The molecule has 4 bridgehead atoms. The van der Waals surface area contributed by atoms with Crippen LogP contribution < -0.4 is 0 Å². The summed E-state index contributed by atoms with van der Waals surface area (Å²) in [5.41, 5.74) is 3.19. The Morgan fingerprint density at radius 2 is 0.471 bits per heavy atom. The lowest BCUT2D eigenvalue weighted by molar-refractivity contribution is -0.0389. The van der Waals surface area contributed by atoms with Gasteiger partial charge in [-0.1, -0.05) is 69.2 Å². The van der Waals surface area contributed by atoms with Gasteiger partial charge in [-0.05, 0) is 37.9 Å². The van der Waals surface area contributed by atoms with Gasteiger partial charge in [0, 0.05) is 0 Å². The Balaban J connectivity index is 2.48. The Morgan fingerprint density at radius 3 is 0.529 bits per heavy atom. The lowest BCUT2D eigenvalue weighted by Crippen LogP contribution is -2.46. The van der Waals surface area contributed by atoms with Crippen molar-refractivity contribution in [1.82, 2.24) is 0 Å². The average molecular weight is 234 g/mol. The monoisotopic (exact) mass is 234 g/mol. The Bertz CT molecular complexity index is 362. The van der Waals surface area contributed by atoms with Gasteiger partial charge in [-0.15, -0.1) is 0 Å². The summed E-state index contributed by atoms with van der Waals surface area (Å²) in [6, 6.07) is 0. The predicted octanol–water partition coefficient (Wildman–Crippen LogP) is 5.13. The summed E-state index contributed by atoms with van der Waals surface area (Å²) in [6.45, 7) is 25.6. The highest BCUT2D eigenvalue weighted by Gasteiger charge is 3.06. The first-order valence-corrected chi connectivity index (χ1v) is 7.25. The predicted molar refractivity (Wildman–Crippen MR) is 73.8 cm³/mol. The van der Waals surface area contributed by atoms with Crippen molar-refractivity contribution in [1.29, 1.82) is 0 Å². The molecule has 0 unspecified atom stereocenters. The summed E-state index contributed by atoms with van der Waals surface area (Å²) < 4.78 is 0. The van der Waals surface area contributed by atoms with E-state index in [4.69, 9.17) is 0 Å². The van der Waals surface area contributed by atoms with E-state index in [9.17, 15) is 0 Å². The molecule has 0 nitrogen and oxygen atoms in total. The fourth-order valence-electron chi connectivity index (χ4n) is 8.72. The maximum atomic E-state index is 2.58. The van der Waals surface area contributed by atoms with Crippen LogP contribution in [0.2, 0.25) is 0 Å². The maximum absolute atomic E-state index is 2.58. The third kappa shape index (κ3) is 0.502. The molecule has 0 heteroatoms. The molecule has 4 fully saturated rings. The lowest BCUT2D eigenvalue weighted by atomic mass is 9.53. The van der Waals surface area contributed by atoms with Crippen LogP contribution in [0.15, 0.2) is 0 Å². The van der Waals surface area contributed by atoms with Gasteiger partial charge in [0.1, 0.15) is 0 Å². The number of hydrogen-bond acceptors (Lipinski definition) is 0. The van der Waals surface area contributed by atoms with Gasteiger partial charge in [0.05, 0.1) is 0 Å². The summed E-state index contributed by atoms with van der Waals surface area (Å²) in [5, 5.41) is 0. The van der Waals surface area contributed by atoms with Gasteiger partial charge in [0.25, 0.3) is 0 Å².